The number of unbranched alkanes of at least 4 members (excludes halogenated alkanes) is 3. The van der Waals surface area contributed by atoms with Crippen LogP contribution in [0.25, 0.3) is 6.08 Å². The van der Waals surface area contributed by atoms with Crippen molar-refractivity contribution in [2.75, 3.05) is 19.0 Å². The topological polar surface area (TPSA) is 88.4 Å². The molecule has 0 fully saturated rings. The minimum atomic E-state index is -0.554. The SMILES string of the molecule is CCCCCCOc1ccc(Br)cc1/C=C(/C#N)C(=O)Nc1ccc(C(=O)OC)cc1. The first kappa shape index (κ1) is 24.2. The van der Waals surface area contributed by atoms with E-state index in [0.29, 0.717) is 29.2 Å². The number of halogens is 1. The summed E-state index contributed by atoms with van der Waals surface area (Å²) in [5.74, 6) is -0.405. The van der Waals surface area contributed by atoms with Crippen molar-refractivity contribution in [3.63, 3.8) is 0 Å². The van der Waals surface area contributed by atoms with Gasteiger partial charge in [-0.3, -0.25) is 4.79 Å². The molecule has 0 saturated heterocycles. The lowest BCUT2D eigenvalue weighted by molar-refractivity contribution is -0.112. The van der Waals surface area contributed by atoms with Crippen molar-refractivity contribution in [1.29, 1.82) is 5.26 Å². The van der Waals surface area contributed by atoms with Gasteiger partial charge in [-0.15, -0.1) is 0 Å². The average Bonchev–Trinajstić information content (AvgIpc) is 2.78. The number of amides is 1. The van der Waals surface area contributed by atoms with Gasteiger partial charge in [0.15, 0.2) is 0 Å². The zero-order valence-electron chi connectivity index (χ0n) is 17.6. The number of ether oxygens (including phenoxy) is 2. The molecule has 0 aliphatic carbocycles. The van der Waals surface area contributed by atoms with Crippen LogP contribution in [0.1, 0.15) is 48.5 Å². The highest BCUT2D eigenvalue weighted by Gasteiger charge is 2.13. The summed E-state index contributed by atoms with van der Waals surface area (Å²) >= 11 is 3.42. The van der Waals surface area contributed by atoms with Crippen molar-refractivity contribution in [3.05, 3.63) is 63.6 Å². The van der Waals surface area contributed by atoms with Crippen LogP contribution in [-0.2, 0) is 9.53 Å². The fourth-order valence-electron chi connectivity index (χ4n) is 2.78. The molecular formula is C24H25BrN2O4. The van der Waals surface area contributed by atoms with Gasteiger partial charge in [-0.2, -0.15) is 5.26 Å². The third kappa shape index (κ3) is 7.58. The molecule has 0 unspecified atom stereocenters. The molecule has 0 spiro atoms. The van der Waals surface area contributed by atoms with Gasteiger partial charge in [-0.25, -0.2) is 4.79 Å². The quantitative estimate of drug-likeness (QED) is 0.201. The Balaban J connectivity index is 2.14. The first-order valence-corrected chi connectivity index (χ1v) is 10.8. The maximum atomic E-state index is 12.6. The minimum Gasteiger partial charge on any atom is -0.493 e. The van der Waals surface area contributed by atoms with Crippen LogP contribution in [-0.4, -0.2) is 25.6 Å². The molecule has 0 radical (unpaired) electrons. The molecule has 0 saturated carbocycles. The molecule has 1 amide bonds. The third-order valence-electron chi connectivity index (χ3n) is 4.46. The molecule has 2 aromatic rings. The lowest BCUT2D eigenvalue weighted by atomic mass is 10.1. The Hall–Kier alpha value is -3.11. The number of methoxy groups -OCH3 is 1. The number of benzene rings is 2. The van der Waals surface area contributed by atoms with E-state index in [1.54, 1.807) is 18.2 Å². The van der Waals surface area contributed by atoms with Crippen LogP contribution >= 0.6 is 15.9 Å². The number of hydrogen-bond acceptors (Lipinski definition) is 5. The fourth-order valence-corrected chi connectivity index (χ4v) is 3.16. The lowest BCUT2D eigenvalue weighted by Crippen LogP contribution is -2.13. The third-order valence-corrected chi connectivity index (χ3v) is 4.95. The molecule has 0 heterocycles. The summed E-state index contributed by atoms with van der Waals surface area (Å²) in [6.45, 7) is 2.73. The summed E-state index contributed by atoms with van der Waals surface area (Å²) in [5, 5.41) is 12.2. The number of anilines is 1. The molecule has 0 aliphatic heterocycles. The number of carbonyl (C=O) groups is 2. The van der Waals surface area contributed by atoms with Crippen molar-refractivity contribution in [2.45, 2.75) is 32.6 Å². The highest BCUT2D eigenvalue weighted by molar-refractivity contribution is 9.10. The van der Waals surface area contributed by atoms with E-state index in [-0.39, 0.29) is 5.57 Å². The smallest absolute Gasteiger partial charge is 0.337 e. The van der Waals surface area contributed by atoms with Crippen LogP contribution in [0.2, 0.25) is 0 Å². The number of esters is 1. The zero-order valence-corrected chi connectivity index (χ0v) is 19.2. The summed E-state index contributed by atoms with van der Waals surface area (Å²) in [5.41, 5.74) is 1.40. The molecule has 0 aliphatic rings. The van der Waals surface area contributed by atoms with E-state index < -0.39 is 11.9 Å². The monoisotopic (exact) mass is 484 g/mol. The van der Waals surface area contributed by atoms with Crippen LogP contribution in [0.4, 0.5) is 5.69 Å². The zero-order chi connectivity index (χ0) is 22.6. The Morgan fingerprint density at radius 3 is 2.52 bits per heavy atom. The van der Waals surface area contributed by atoms with Crippen molar-refractivity contribution in [1.82, 2.24) is 0 Å². The molecule has 6 nitrogen and oxygen atoms in total. The summed E-state index contributed by atoms with van der Waals surface area (Å²) in [6, 6.07) is 13.6. The number of hydrogen-bond donors (Lipinski definition) is 1. The van der Waals surface area contributed by atoms with E-state index in [0.717, 1.165) is 30.2 Å². The van der Waals surface area contributed by atoms with Gasteiger partial charge in [0.05, 0.1) is 19.3 Å². The second-order valence-corrected chi connectivity index (χ2v) is 7.70. The Labute approximate surface area is 191 Å². The second-order valence-electron chi connectivity index (χ2n) is 6.78. The highest BCUT2D eigenvalue weighted by Crippen LogP contribution is 2.26. The van der Waals surface area contributed by atoms with Gasteiger partial charge in [0, 0.05) is 15.7 Å². The second kappa shape index (κ2) is 12.6. The van der Waals surface area contributed by atoms with Crippen LogP contribution < -0.4 is 10.1 Å². The van der Waals surface area contributed by atoms with Crippen LogP contribution in [0.3, 0.4) is 0 Å². The molecule has 162 valence electrons. The van der Waals surface area contributed by atoms with Gasteiger partial charge in [0.2, 0.25) is 0 Å². The lowest BCUT2D eigenvalue weighted by Gasteiger charge is -2.11. The summed E-state index contributed by atoms with van der Waals surface area (Å²) < 4.78 is 11.3. The highest BCUT2D eigenvalue weighted by atomic mass is 79.9. The normalized spacial score (nSPS) is 10.8. The van der Waals surface area contributed by atoms with Gasteiger partial charge in [-0.05, 0) is 55.0 Å². The average molecular weight is 485 g/mol. The first-order valence-electron chi connectivity index (χ1n) is 10.0. The van der Waals surface area contributed by atoms with E-state index in [1.807, 2.05) is 18.2 Å². The van der Waals surface area contributed by atoms with Crippen LogP contribution in [0.15, 0.2) is 52.5 Å². The van der Waals surface area contributed by atoms with E-state index >= 15 is 0 Å². The summed E-state index contributed by atoms with van der Waals surface area (Å²) in [4.78, 5) is 24.1. The predicted octanol–water partition coefficient (Wildman–Crippen LogP) is 5.74. The first-order chi connectivity index (χ1) is 15.0. The number of nitriles is 1. The van der Waals surface area contributed by atoms with Gasteiger partial charge in [0.1, 0.15) is 17.4 Å². The summed E-state index contributed by atoms with van der Waals surface area (Å²) in [6.07, 6.45) is 5.86. The van der Waals surface area contributed by atoms with E-state index in [1.165, 1.54) is 25.3 Å². The maximum Gasteiger partial charge on any atom is 0.337 e. The molecule has 1 N–H and O–H groups in total. The Bertz CT molecular complexity index is 978. The summed E-state index contributed by atoms with van der Waals surface area (Å²) in [7, 11) is 1.30. The number of rotatable bonds is 10. The molecule has 0 bridgehead atoms. The molecule has 31 heavy (non-hydrogen) atoms. The van der Waals surface area contributed by atoms with E-state index in [4.69, 9.17) is 4.74 Å². The minimum absolute atomic E-state index is 0.0639. The van der Waals surface area contributed by atoms with Gasteiger partial charge < -0.3 is 14.8 Å². The van der Waals surface area contributed by atoms with Crippen molar-refractivity contribution in [2.24, 2.45) is 0 Å². The molecule has 0 aromatic heterocycles. The Kier molecular flexibility index (Phi) is 9.79. The van der Waals surface area contributed by atoms with Crippen LogP contribution in [0, 0.1) is 11.3 Å². The predicted molar refractivity (Wildman–Crippen MR) is 124 cm³/mol. The fraction of sp³-hybridized carbons (Fsp3) is 0.292. The Morgan fingerprint density at radius 2 is 1.87 bits per heavy atom. The number of nitrogens with zero attached hydrogens (tertiary/aromatic N) is 1. The standard InChI is InChI=1S/C24H25BrN2O4/c1-3-4-5-6-13-31-22-12-9-20(25)15-18(22)14-19(16-26)23(28)27-21-10-7-17(8-11-21)24(29)30-2/h7-12,14-15H,3-6,13H2,1-2H3,(H,27,28)/b19-14-. The largest absolute Gasteiger partial charge is 0.493 e. The van der Waals surface area contributed by atoms with Crippen molar-refractivity contribution in [3.8, 4) is 11.8 Å². The maximum absolute atomic E-state index is 12.6. The number of carbonyl (C=O) groups excluding carboxylic acids is 2. The van der Waals surface area contributed by atoms with Gasteiger partial charge in [0.25, 0.3) is 5.91 Å². The molecule has 7 heteroatoms. The molecule has 2 aromatic carbocycles. The number of nitrogens with one attached hydrogen (secondary N) is 1. The molecular weight excluding hydrogens is 460 g/mol. The van der Waals surface area contributed by atoms with Gasteiger partial charge in [-0.1, -0.05) is 42.1 Å². The molecule has 2 rings (SSSR count). The molecule has 0 atom stereocenters. The van der Waals surface area contributed by atoms with E-state index in [2.05, 4.69) is 32.9 Å². The van der Waals surface area contributed by atoms with E-state index in [9.17, 15) is 14.9 Å². The Morgan fingerprint density at radius 1 is 1.13 bits per heavy atom. The van der Waals surface area contributed by atoms with Crippen LogP contribution in [0.5, 0.6) is 5.75 Å². The van der Waals surface area contributed by atoms with Gasteiger partial charge >= 0.3 is 5.97 Å². The van der Waals surface area contributed by atoms with Crippen molar-refractivity contribution >= 4 is 39.6 Å². The van der Waals surface area contributed by atoms with Crippen molar-refractivity contribution < 1.29 is 19.1 Å².